The van der Waals surface area contributed by atoms with Crippen molar-refractivity contribution in [3.63, 3.8) is 0 Å². The molecule has 8 heteroatoms. The summed E-state index contributed by atoms with van der Waals surface area (Å²) in [5, 5.41) is 2.85. The molecular weight excluding hydrogens is 300 g/mol. The van der Waals surface area contributed by atoms with Crippen molar-refractivity contribution in [1.29, 1.82) is 0 Å². The van der Waals surface area contributed by atoms with E-state index in [-0.39, 0.29) is 29.9 Å². The first kappa shape index (κ1) is 15.2. The topological polar surface area (TPSA) is 113 Å². The van der Waals surface area contributed by atoms with E-state index < -0.39 is 23.4 Å². The number of rotatable bonds is 2. The Balaban J connectivity index is 2.09. The highest BCUT2D eigenvalue weighted by Gasteiger charge is 2.55. The molecule has 2 aliphatic rings. The molecule has 0 saturated carbocycles. The summed E-state index contributed by atoms with van der Waals surface area (Å²) >= 11 is 0. The van der Waals surface area contributed by atoms with Crippen LogP contribution in [0.15, 0.2) is 18.2 Å². The Labute approximate surface area is 132 Å². The zero-order valence-electron chi connectivity index (χ0n) is 12.8. The van der Waals surface area contributed by atoms with E-state index in [2.05, 4.69) is 5.32 Å². The summed E-state index contributed by atoms with van der Waals surface area (Å²) in [7, 11) is 2.93. The highest BCUT2D eigenvalue weighted by Crippen LogP contribution is 2.35. The Morgan fingerprint density at radius 2 is 1.87 bits per heavy atom. The van der Waals surface area contributed by atoms with E-state index in [1.165, 1.54) is 13.1 Å². The third kappa shape index (κ3) is 1.88. The molecule has 0 bridgehead atoms. The first-order valence-corrected chi connectivity index (χ1v) is 7.12. The molecule has 0 spiro atoms. The molecule has 2 aliphatic heterocycles. The van der Waals surface area contributed by atoms with Crippen LogP contribution in [0, 0.1) is 0 Å². The van der Waals surface area contributed by atoms with Gasteiger partial charge in [0.2, 0.25) is 5.91 Å². The van der Waals surface area contributed by atoms with Crippen LogP contribution >= 0.6 is 0 Å². The van der Waals surface area contributed by atoms with Crippen molar-refractivity contribution in [2.24, 2.45) is 5.73 Å². The molecule has 3 rings (SSSR count). The van der Waals surface area contributed by atoms with Gasteiger partial charge in [-0.05, 0) is 12.1 Å². The van der Waals surface area contributed by atoms with Crippen LogP contribution in [0.1, 0.15) is 33.6 Å². The molecule has 4 amide bonds. The van der Waals surface area contributed by atoms with Crippen LogP contribution < -0.4 is 11.1 Å². The van der Waals surface area contributed by atoms with Crippen molar-refractivity contribution in [3.8, 4) is 0 Å². The second kappa shape index (κ2) is 4.88. The van der Waals surface area contributed by atoms with Crippen molar-refractivity contribution in [1.82, 2.24) is 9.80 Å². The number of likely N-dealkylation sites (N-methyl/N-ethyl adjacent to an activating group) is 1. The minimum atomic E-state index is -1.85. The number of imide groups is 2. The molecule has 0 aliphatic carbocycles. The Bertz CT molecular complexity index is 760. The van der Waals surface area contributed by atoms with E-state index in [0.29, 0.717) is 5.69 Å². The molecule has 23 heavy (non-hydrogen) atoms. The Morgan fingerprint density at radius 1 is 1.17 bits per heavy atom. The van der Waals surface area contributed by atoms with Gasteiger partial charge in [0.15, 0.2) is 5.66 Å². The summed E-state index contributed by atoms with van der Waals surface area (Å²) in [6.07, 6.45) is -0.0968. The second-order valence-electron chi connectivity index (χ2n) is 5.61. The largest absolute Gasteiger partial charge is 0.387 e. The van der Waals surface area contributed by atoms with Gasteiger partial charge in [0.05, 0.1) is 11.1 Å². The quantitative estimate of drug-likeness (QED) is 0.728. The molecule has 1 saturated heterocycles. The number of nitrogens with one attached hydrogen (secondary N) is 1. The third-order valence-electron chi connectivity index (χ3n) is 4.35. The van der Waals surface area contributed by atoms with Crippen molar-refractivity contribution in [2.75, 3.05) is 19.4 Å². The highest BCUT2D eigenvalue weighted by molar-refractivity contribution is 6.26. The lowest BCUT2D eigenvalue weighted by atomic mass is 9.96. The SMILES string of the molecule is CNc1cccc2c1C(=O)N(C1(N)CCC(=O)N(C)C1=O)C2=O. The first-order chi connectivity index (χ1) is 10.8. The minimum absolute atomic E-state index is 0.00890. The zero-order chi connectivity index (χ0) is 16.9. The van der Waals surface area contributed by atoms with E-state index in [0.717, 1.165) is 9.80 Å². The number of fused-ring (bicyclic) bond motifs is 1. The van der Waals surface area contributed by atoms with Gasteiger partial charge in [-0.1, -0.05) is 6.07 Å². The van der Waals surface area contributed by atoms with Crippen LogP contribution in [0.4, 0.5) is 5.69 Å². The predicted molar refractivity (Wildman–Crippen MR) is 80.4 cm³/mol. The molecule has 0 aromatic heterocycles. The summed E-state index contributed by atoms with van der Waals surface area (Å²) in [5.41, 5.74) is 5.16. The molecule has 8 nitrogen and oxygen atoms in total. The fourth-order valence-electron chi connectivity index (χ4n) is 3.04. The van der Waals surface area contributed by atoms with Crippen molar-refractivity contribution < 1.29 is 19.2 Å². The normalized spacial score (nSPS) is 24.3. The first-order valence-electron chi connectivity index (χ1n) is 7.12. The monoisotopic (exact) mass is 316 g/mol. The van der Waals surface area contributed by atoms with Gasteiger partial charge in [0.1, 0.15) is 0 Å². The molecule has 2 heterocycles. The zero-order valence-corrected chi connectivity index (χ0v) is 12.8. The van der Waals surface area contributed by atoms with Crippen LogP contribution in [0.25, 0.3) is 0 Å². The molecule has 0 radical (unpaired) electrons. The molecule has 1 aromatic rings. The summed E-state index contributed by atoms with van der Waals surface area (Å²) in [6, 6.07) is 4.82. The Morgan fingerprint density at radius 3 is 2.52 bits per heavy atom. The number of anilines is 1. The van der Waals surface area contributed by atoms with Crippen LogP contribution in [-0.4, -0.2) is 53.2 Å². The standard InChI is InChI=1S/C15H16N4O4/c1-17-9-5-3-4-8-11(9)13(22)19(12(8)21)15(16)7-6-10(20)18(2)14(15)23/h3-5,17H,6-7,16H2,1-2H3. The number of amides is 4. The summed E-state index contributed by atoms with van der Waals surface area (Å²) < 4.78 is 0. The van der Waals surface area contributed by atoms with Gasteiger partial charge >= 0.3 is 0 Å². The second-order valence-corrected chi connectivity index (χ2v) is 5.61. The number of carbonyl (C=O) groups is 4. The number of nitrogens with two attached hydrogens (primary N) is 1. The molecule has 1 fully saturated rings. The average molecular weight is 316 g/mol. The fraction of sp³-hybridized carbons (Fsp3) is 0.333. The van der Waals surface area contributed by atoms with Gasteiger partial charge in [-0.25, -0.2) is 4.90 Å². The fourth-order valence-corrected chi connectivity index (χ4v) is 3.04. The number of hydrogen-bond acceptors (Lipinski definition) is 6. The highest BCUT2D eigenvalue weighted by atomic mass is 16.2. The van der Waals surface area contributed by atoms with Crippen molar-refractivity contribution in [2.45, 2.75) is 18.5 Å². The third-order valence-corrected chi connectivity index (χ3v) is 4.35. The van der Waals surface area contributed by atoms with E-state index in [1.807, 2.05) is 0 Å². The number of benzene rings is 1. The molecular formula is C15H16N4O4. The smallest absolute Gasteiger partial charge is 0.270 e. The molecule has 1 aromatic carbocycles. The van der Waals surface area contributed by atoms with Gasteiger partial charge in [-0.2, -0.15) is 0 Å². The maximum atomic E-state index is 12.8. The number of piperidine rings is 1. The summed E-state index contributed by atoms with van der Waals surface area (Å²) in [4.78, 5) is 51.2. The predicted octanol–water partition coefficient (Wildman–Crippen LogP) is -0.242. The van der Waals surface area contributed by atoms with E-state index >= 15 is 0 Å². The van der Waals surface area contributed by atoms with Gasteiger partial charge in [-0.15, -0.1) is 0 Å². The maximum Gasteiger partial charge on any atom is 0.270 e. The molecule has 120 valence electrons. The van der Waals surface area contributed by atoms with Crippen LogP contribution in [0.3, 0.4) is 0 Å². The molecule has 3 N–H and O–H groups in total. The lowest BCUT2D eigenvalue weighted by Crippen LogP contribution is -2.69. The average Bonchev–Trinajstić information content (AvgIpc) is 2.81. The number of likely N-dealkylation sites (tertiary alicyclic amines) is 1. The van der Waals surface area contributed by atoms with Crippen molar-refractivity contribution in [3.05, 3.63) is 29.3 Å². The van der Waals surface area contributed by atoms with Crippen LogP contribution in [-0.2, 0) is 9.59 Å². The van der Waals surface area contributed by atoms with Crippen LogP contribution in [0.2, 0.25) is 0 Å². The van der Waals surface area contributed by atoms with Gasteiger partial charge in [-0.3, -0.25) is 24.1 Å². The number of nitrogens with zero attached hydrogens (tertiary/aromatic N) is 2. The summed E-state index contributed by atoms with van der Waals surface area (Å²) in [6.45, 7) is 0. The van der Waals surface area contributed by atoms with Gasteiger partial charge in [0, 0.05) is 32.6 Å². The molecule has 1 unspecified atom stereocenters. The molecule has 1 atom stereocenters. The van der Waals surface area contributed by atoms with E-state index in [1.54, 1.807) is 19.2 Å². The minimum Gasteiger partial charge on any atom is -0.387 e. The number of hydrogen-bond donors (Lipinski definition) is 2. The van der Waals surface area contributed by atoms with E-state index in [9.17, 15) is 19.2 Å². The van der Waals surface area contributed by atoms with Crippen molar-refractivity contribution >= 4 is 29.3 Å². The van der Waals surface area contributed by atoms with Gasteiger partial charge < -0.3 is 11.1 Å². The maximum absolute atomic E-state index is 12.8. The van der Waals surface area contributed by atoms with Gasteiger partial charge in [0.25, 0.3) is 17.7 Å². The lowest BCUT2D eigenvalue weighted by molar-refractivity contribution is -0.155. The lowest BCUT2D eigenvalue weighted by Gasteiger charge is -2.40. The summed E-state index contributed by atoms with van der Waals surface area (Å²) in [5.74, 6) is -2.40. The van der Waals surface area contributed by atoms with Crippen LogP contribution in [0.5, 0.6) is 0 Å². The number of carbonyl (C=O) groups excluding carboxylic acids is 4. The van der Waals surface area contributed by atoms with E-state index in [4.69, 9.17) is 5.73 Å². The Hall–Kier alpha value is -2.74. The Kier molecular flexibility index (Phi) is 3.22.